The van der Waals surface area contributed by atoms with Gasteiger partial charge in [0.15, 0.2) is 30.9 Å². The molecule has 11 atom stereocenters. The number of hydrogen-bond donors (Lipinski definition) is 1. The molecule has 5 aromatic carbocycles. The molecule has 0 unspecified atom stereocenters. The lowest BCUT2D eigenvalue weighted by atomic mass is 9.95. The van der Waals surface area contributed by atoms with Gasteiger partial charge in [0.1, 0.15) is 49.8 Å². The fourth-order valence-corrected chi connectivity index (χ4v) is 7.74. The lowest BCUT2D eigenvalue weighted by molar-refractivity contribution is -0.338. The van der Waals surface area contributed by atoms with Crippen LogP contribution in [0.15, 0.2) is 152 Å². The van der Waals surface area contributed by atoms with Gasteiger partial charge in [0, 0.05) is 6.92 Å². The van der Waals surface area contributed by atoms with Crippen LogP contribution < -0.4 is 0 Å². The van der Waals surface area contributed by atoms with E-state index in [1.165, 1.54) is 55.5 Å². The minimum absolute atomic E-state index is 0.0237. The molecule has 2 bridgehead atoms. The molecular weight excluding hydrogens is 857 g/mol. The lowest BCUT2D eigenvalue weighted by Crippen LogP contribution is -2.65. The van der Waals surface area contributed by atoms with E-state index in [-0.39, 0.29) is 35.5 Å². The van der Waals surface area contributed by atoms with Crippen LogP contribution in [0.2, 0.25) is 0 Å². The number of rotatable bonds is 16. The van der Waals surface area contributed by atoms with Gasteiger partial charge in [-0.3, -0.25) is 4.79 Å². The first-order chi connectivity index (χ1) is 32.1. The van der Waals surface area contributed by atoms with Crippen LogP contribution in [0.3, 0.4) is 0 Å². The number of carbonyl (C=O) groups is 5. The average Bonchev–Trinajstić information content (AvgIpc) is 3.73. The number of aliphatic hydroxyl groups is 1. The molecule has 3 aliphatic heterocycles. The molecule has 342 valence electrons. The van der Waals surface area contributed by atoms with E-state index in [2.05, 4.69) is 0 Å². The SMILES string of the molecule is CC(=O)OC[C@@H]1O[C@H]2O[C@H]1[C@@H](O[C@@H]1O[C@H](COC(=O)c3ccccc3)[C@@H](OC(=O)c3ccccc3)[C@H](OC(=O)c3ccccc3)[C@H]1OC(=O)c1ccccc1)[C@H](O)[C@@H]2OCc1ccccc1. The largest absolute Gasteiger partial charge is 0.463 e. The Balaban J connectivity index is 1.20. The Morgan fingerprint density at radius 1 is 0.485 bits per heavy atom. The van der Waals surface area contributed by atoms with Gasteiger partial charge in [-0.25, -0.2) is 19.2 Å². The second-order valence-electron chi connectivity index (χ2n) is 15.5. The highest BCUT2D eigenvalue weighted by Gasteiger charge is 2.60. The van der Waals surface area contributed by atoms with Crippen molar-refractivity contribution in [3.8, 4) is 0 Å². The number of carbonyl (C=O) groups excluding carboxylic acids is 5. The molecule has 66 heavy (non-hydrogen) atoms. The number of esters is 5. The third kappa shape index (κ3) is 11.0. The first-order valence-electron chi connectivity index (χ1n) is 21.2. The molecule has 0 saturated carbocycles. The van der Waals surface area contributed by atoms with E-state index >= 15 is 0 Å². The summed E-state index contributed by atoms with van der Waals surface area (Å²) in [6.07, 6.45) is -15.9. The summed E-state index contributed by atoms with van der Waals surface area (Å²) in [5.74, 6) is -4.08. The molecule has 5 aromatic rings. The van der Waals surface area contributed by atoms with Gasteiger partial charge in [-0.15, -0.1) is 0 Å². The van der Waals surface area contributed by atoms with Crippen LogP contribution >= 0.6 is 0 Å². The van der Waals surface area contributed by atoms with Crippen molar-refractivity contribution >= 4 is 29.8 Å². The summed E-state index contributed by atoms with van der Waals surface area (Å²) in [5.41, 5.74) is 1.26. The van der Waals surface area contributed by atoms with E-state index in [0.29, 0.717) is 0 Å². The van der Waals surface area contributed by atoms with E-state index in [9.17, 15) is 29.1 Å². The Bertz CT molecular complexity index is 2400. The topological polar surface area (TPSA) is 198 Å². The smallest absolute Gasteiger partial charge is 0.338 e. The fraction of sp³-hybridized carbons (Fsp3) is 0.300. The zero-order chi connectivity index (χ0) is 46.0. The molecule has 0 radical (unpaired) electrons. The van der Waals surface area contributed by atoms with Crippen molar-refractivity contribution < 1.29 is 76.4 Å². The van der Waals surface area contributed by atoms with Gasteiger partial charge in [-0.1, -0.05) is 103 Å². The summed E-state index contributed by atoms with van der Waals surface area (Å²) in [7, 11) is 0. The van der Waals surface area contributed by atoms with E-state index < -0.39 is 104 Å². The molecule has 3 saturated heterocycles. The normalized spacial score (nSPS) is 26.6. The molecule has 3 fully saturated rings. The molecule has 0 spiro atoms. The molecule has 0 amide bonds. The Morgan fingerprint density at radius 3 is 1.45 bits per heavy atom. The van der Waals surface area contributed by atoms with Crippen LogP contribution in [-0.4, -0.2) is 116 Å². The van der Waals surface area contributed by atoms with Gasteiger partial charge >= 0.3 is 29.8 Å². The minimum Gasteiger partial charge on any atom is -0.463 e. The van der Waals surface area contributed by atoms with Gasteiger partial charge < -0.3 is 52.5 Å². The molecule has 8 rings (SSSR count). The fourth-order valence-electron chi connectivity index (χ4n) is 7.74. The van der Waals surface area contributed by atoms with Crippen molar-refractivity contribution in [3.63, 3.8) is 0 Å². The molecule has 0 aliphatic carbocycles. The van der Waals surface area contributed by atoms with Crippen LogP contribution in [0.5, 0.6) is 0 Å². The van der Waals surface area contributed by atoms with E-state index in [1.807, 2.05) is 30.3 Å². The van der Waals surface area contributed by atoms with Gasteiger partial charge in [-0.2, -0.15) is 0 Å². The van der Waals surface area contributed by atoms with E-state index in [4.69, 9.17) is 47.4 Å². The monoisotopic (exact) mass is 902 g/mol. The zero-order valence-corrected chi connectivity index (χ0v) is 35.5. The maximum atomic E-state index is 14.1. The highest BCUT2D eigenvalue weighted by molar-refractivity contribution is 5.91. The van der Waals surface area contributed by atoms with Crippen molar-refractivity contribution in [2.45, 2.75) is 81.0 Å². The molecule has 0 aromatic heterocycles. The molecule has 3 heterocycles. The van der Waals surface area contributed by atoms with Crippen LogP contribution in [0.25, 0.3) is 0 Å². The van der Waals surface area contributed by atoms with Crippen LogP contribution in [0, 0.1) is 0 Å². The summed E-state index contributed by atoms with van der Waals surface area (Å²) in [6.45, 7) is 0.325. The van der Waals surface area contributed by atoms with Crippen LogP contribution in [-0.2, 0) is 58.8 Å². The Labute approximate surface area is 379 Å². The van der Waals surface area contributed by atoms with E-state index in [1.54, 1.807) is 72.8 Å². The van der Waals surface area contributed by atoms with Crippen molar-refractivity contribution in [1.82, 2.24) is 0 Å². The first kappa shape index (κ1) is 45.8. The first-order valence-corrected chi connectivity index (χ1v) is 21.2. The zero-order valence-electron chi connectivity index (χ0n) is 35.5. The number of aliphatic hydroxyl groups excluding tert-OH is 1. The van der Waals surface area contributed by atoms with Crippen molar-refractivity contribution in [2.75, 3.05) is 13.2 Å². The predicted octanol–water partition coefficient (Wildman–Crippen LogP) is 5.26. The van der Waals surface area contributed by atoms with Gasteiger partial charge in [0.2, 0.25) is 0 Å². The van der Waals surface area contributed by atoms with E-state index in [0.717, 1.165) is 5.56 Å². The maximum Gasteiger partial charge on any atom is 0.338 e. The number of hydrogen-bond acceptors (Lipinski definition) is 16. The second kappa shape index (κ2) is 21.5. The maximum absolute atomic E-state index is 14.1. The Hall–Kier alpha value is -6.79. The van der Waals surface area contributed by atoms with Crippen molar-refractivity contribution in [2.24, 2.45) is 0 Å². The summed E-state index contributed by atoms with van der Waals surface area (Å²) < 4.78 is 61.5. The lowest BCUT2D eigenvalue weighted by Gasteiger charge is -2.47. The van der Waals surface area contributed by atoms with Gasteiger partial charge in [0.25, 0.3) is 0 Å². The third-order valence-electron chi connectivity index (χ3n) is 11.0. The summed E-state index contributed by atoms with van der Waals surface area (Å²) in [5, 5.41) is 12.2. The standard InChI is InChI=1S/C50H46O16/c1-30(51)57-28-36-39-41(38(52)42(49(60-36)65-39)58-27-31-17-7-2-8-18-31)66-50-44(64-48(56)35-25-15-6-16-26-35)43(63-47(55)34-23-13-5-14-24-34)40(62-46(54)33-21-11-4-12-22-33)37(61-50)29-59-45(53)32-19-9-3-10-20-32/h2-26,36-44,49-50,52H,27-29H2,1H3/t36-,37+,38-,39+,40+,41-,42-,43-,44+,49-,50-/m0/s1. The summed E-state index contributed by atoms with van der Waals surface area (Å²) >= 11 is 0. The molecule has 3 aliphatic rings. The van der Waals surface area contributed by atoms with Crippen LogP contribution in [0.1, 0.15) is 53.9 Å². The van der Waals surface area contributed by atoms with Crippen LogP contribution in [0.4, 0.5) is 0 Å². The van der Waals surface area contributed by atoms with Gasteiger partial charge in [-0.05, 0) is 54.1 Å². The Kier molecular flexibility index (Phi) is 14.9. The number of fused-ring (bicyclic) bond motifs is 2. The quantitative estimate of drug-likeness (QED) is 0.0993. The number of ether oxygens (including phenoxy) is 10. The molecular formula is C50H46O16. The molecule has 1 N–H and O–H groups in total. The highest BCUT2D eigenvalue weighted by Crippen LogP contribution is 2.40. The van der Waals surface area contributed by atoms with Gasteiger partial charge in [0.05, 0.1) is 28.9 Å². The predicted molar refractivity (Wildman–Crippen MR) is 228 cm³/mol. The second-order valence-corrected chi connectivity index (χ2v) is 15.5. The third-order valence-corrected chi connectivity index (χ3v) is 11.0. The van der Waals surface area contributed by atoms with Crippen molar-refractivity contribution in [3.05, 3.63) is 179 Å². The van der Waals surface area contributed by atoms with Crippen molar-refractivity contribution in [1.29, 1.82) is 0 Å². The number of benzene rings is 5. The molecule has 16 heteroatoms. The summed E-state index contributed by atoms with van der Waals surface area (Å²) in [4.78, 5) is 67.6. The Morgan fingerprint density at radius 2 is 0.939 bits per heavy atom. The minimum atomic E-state index is -1.80. The highest BCUT2D eigenvalue weighted by atomic mass is 16.8. The average molecular weight is 903 g/mol. The summed E-state index contributed by atoms with van der Waals surface area (Å²) in [6, 6.07) is 41.0. The molecule has 16 nitrogen and oxygen atoms in total.